The van der Waals surface area contributed by atoms with Crippen molar-refractivity contribution in [3.8, 4) is 5.75 Å². The van der Waals surface area contributed by atoms with Gasteiger partial charge in [0.25, 0.3) is 0 Å². The number of benzene rings is 1. The summed E-state index contributed by atoms with van der Waals surface area (Å²) in [6, 6.07) is 7.57. The van der Waals surface area contributed by atoms with E-state index in [0.29, 0.717) is 38.5 Å². The van der Waals surface area contributed by atoms with E-state index in [9.17, 15) is 14.4 Å². The van der Waals surface area contributed by atoms with E-state index in [1.54, 1.807) is 19.1 Å². The van der Waals surface area contributed by atoms with Crippen molar-refractivity contribution in [3.63, 3.8) is 0 Å². The molecule has 2 atom stereocenters. The van der Waals surface area contributed by atoms with Crippen LogP contribution in [-0.4, -0.2) is 71.5 Å². The minimum Gasteiger partial charge on any atom is -0.497 e. The molecule has 3 fully saturated rings. The molecule has 3 heterocycles. The van der Waals surface area contributed by atoms with Gasteiger partial charge in [-0.2, -0.15) is 5.10 Å². The molecule has 1 aromatic heterocycles. The zero-order chi connectivity index (χ0) is 24.5. The number of ether oxygens (including phenoxy) is 2. The fourth-order valence-corrected chi connectivity index (χ4v) is 5.26. The van der Waals surface area contributed by atoms with E-state index in [1.165, 1.54) is 4.68 Å². The molecule has 2 unspecified atom stereocenters. The molecule has 0 N–H and O–H groups in total. The van der Waals surface area contributed by atoms with Crippen molar-refractivity contribution in [1.82, 2.24) is 19.2 Å². The molecule has 1 aliphatic carbocycles. The highest BCUT2D eigenvalue weighted by Gasteiger charge is 2.40. The lowest BCUT2D eigenvalue weighted by atomic mass is 9.95. The van der Waals surface area contributed by atoms with E-state index in [4.69, 9.17) is 9.47 Å². The smallest absolute Gasteiger partial charge is 0.346 e. The molecule has 35 heavy (non-hydrogen) atoms. The minimum atomic E-state index is -0.377. The van der Waals surface area contributed by atoms with Crippen LogP contribution in [-0.2, 0) is 20.9 Å². The quantitative estimate of drug-likeness (QED) is 0.568. The Labute approximate surface area is 204 Å². The zero-order valence-electron chi connectivity index (χ0n) is 20.4. The fraction of sp³-hybridized carbons (Fsp3) is 0.600. The van der Waals surface area contributed by atoms with Crippen LogP contribution in [0.2, 0.25) is 0 Å². The number of hydrogen-bond donors (Lipinski definition) is 0. The molecule has 0 bridgehead atoms. The predicted molar refractivity (Wildman–Crippen MR) is 129 cm³/mol. The summed E-state index contributed by atoms with van der Waals surface area (Å²) in [5.74, 6) is 1.05. The van der Waals surface area contributed by atoms with Gasteiger partial charge >= 0.3 is 5.69 Å². The molecule has 10 nitrogen and oxygen atoms in total. The molecule has 2 amide bonds. The number of carbonyl (C=O) groups excluding carboxylic acids is 2. The van der Waals surface area contributed by atoms with Gasteiger partial charge in [0.15, 0.2) is 0 Å². The van der Waals surface area contributed by atoms with Crippen LogP contribution in [0.5, 0.6) is 5.75 Å². The zero-order valence-corrected chi connectivity index (χ0v) is 20.4. The number of aromatic nitrogens is 3. The number of anilines is 1. The van der Waals surface area contributed by atoms with Crippen molar-refractivity contribution in [2.24, 2.45) is 5.92 Å². The number of rotatable bonds is 8. The summed E-state index contributed by atoms with van der Waals surface area (Å²) in [7, 11) is 3.20. The molecule has 1 saturated carbocycles. The Hall–Kier alpha value is -3.14. The van der Waals surface area contributed by atoms with Crippen LogP contribution < -0.4 is 15.3 Å². The minimum absolute atomic E-state index is 0.00702. The largest absolute Gasteiger partial charge is 0.497 e. The Morgan fingerprint density at radius 1 is 1.14 bits per heavy atom. The molecule has 2 saturated heterocycles. The highest BCUT2D eigenvalue weighted by Crippen LogP contribution is 2.37. The van der Waals surface area contributed by atoms with E-state index in [2.05, 4.69) is 5.10 Å². The summed E-state index contributed by atoms with van der Waals surface area (Å²) >= 11 is 0. The first-order chi connectivity index (χ1) is 17.0. The summed E-state index contributed by atoms with van der Waals surface area (Å²) in [6.45, 7) is 2.40. The Morgan fingerprint density at radius 2 is 1.97 bits per heavy atom. The monoisotopic (exact) mass is 483 g/mol. The van der Waals surface area contributed by atoms with Crippen LogP contribution in [0.4, 0.5) is 5.69 Å². The summed E-state index contributed by atoms with van der Waals surface area (Å²) in [6.07, 6.45) is 3.91. The van der Waals surface area contributed by atoms with Crippen LogP contribution in [0.3, 0.4) is 0 Å². The van der Waals surface area contributed by atoms with Crippen LogP contribution in [0.1, 0.15) is 49.9 Å². The van der Waals surface area contributed by atoms with Crippen LogP contribution in [0.15, 0.2) is 29.1 Å². The Morgan fingerprint density at radius 3 is 2.71 bits per heavy atom. The molecule has 2 aliphatic heterocycles. The number of likely N-dealkylation sites (tertiary alicyclic amines) is 1. The average molecular weight is 484 g/mol. The van der Waals surface area contributed by atoms with Crippen molar-refractivity contribution in [3.05, 3.63) is 40.6 Å². The van der Waals surface area contributed by atoms with E-state index in [-0.39, 0.29) is 41.8 Å². The van der Waals surface area contributed by atoms with Gasteiger partial charge in [0.05, 0.1) is 26.2 Å². The number of methoxy groups -OCH3 is 2. The molecule has 1 aromatic carbocycles. The van der Waals surface area contributed by atoms with Gasteiger partial charge in [0.2, 0.25) is 11.8 Å². The van der Waals surface area contributed by atoms with Gasteiger partial charge in [-0.3, -0.25) is 14.2 Å². The normalized spacial score (nSPS) is 22.6. The molecule has 188 valence electrons. The fourth-order valence-electron chi connectivity index (χ4n) is 5.26. The Balaban J connectivity index is 1.30. The molecule has 2 aromatic rings. The summed E-state index contributed by atoms with van der Waals surface area (Å²) in [5.41, 5.74) is 0.662. The standard InChI is InChI=1S/C25H33N5O5/c1-34-12-11-29-25(33)30(19-8-9-19)23(26-29)17-5-4-10-27(15-17)24(32)18-13-22(31)28(16-18)20-6-3-7-21(14-20)35-2/h3,6-7,14,17-19H,4-5,8-13,15-16H2,1-2H3. The van der Waals surface area contributed by atoms with Gasteiger partial charge in [-0.25, -0.2) is 9.48 Å². The molecule has 3 aliphatic rings. The van der Waals surface area contributed by atoms with Gasteiger partial charge in [-0.05, 0) is 37.8 Å². The second-order valence-electron chi connectivity index (χ2n) is 9.69. The van der Waals surface area contributed by atoms with Gasteiger partial charge in [0, 0.05) is 56.9 Å². The second kappa shape index (κ2) is 9.85. The number of carbonyl (C=O) groups is 2. The lowest BCUT2D eigenvalue weighted by molar-refractivity contribution is -0.137. The molecule has 5 rings (SSSR count). The van der Waals surface area contributed by atoms with E-state index >= 15 is 0 Å². The van der Waals surface area contributed by atoms with Crippen molar-refractivity contribution in [2.75, 3.05) is 45.4 Å². The molecule has 10 heteroatoms. The van der Waals surface area contributed by atoms with Crippen LogP contribution in [0.25, 0.3) is 0 Å². The molecular formula is C25H33N5O5. The summed E-state index contributed by atoms with van der Waals surface area (Å²) in [4.78, 5) is 42.8. The lowest BCUT2D eigenvalue weighted by Gasteiger charge is -2.34. The number of amides is 2. The first-order valence-electron chi connectivity index (χ1n) is 12.4. The van der Waals surface area contributed by atoms with Crippen LogP contribution in [0, 0.1) is 5.92 Å². The number of nitrogens with zero attached hydrogens (tertiary/aromatic N) is 5. The van der Waals surface area contributed by atoms with Gasteiger partial charge in [0.1, 0.15) is 11.6 Å². The number of hydrogen-bond acceptors (Lipinski definition) is 6. The van der Waals surface area contributed by atoms with Gasteiger partial charge in [-0.1, -0.05) is 6.07 Å². The Bertz CT molecular complexity index is 1150. The van der Waals surface area contributed by atoms with Gasteiger partial charge < -0.3 is 19.3 Å². The predicted octanol–water partition coefficient (Wildman–Crippen LogP) is 1.79. The first-order valence-corrected chi connectivity index (χ1v) is 12.4. The Kier molecular flexibility index (Phi) is 6.64. The molecule has 0 radical (unpaired) electrons. The van der Waals surface area contributed by atoms with Crippen molar-refractivity contribution >= 4 is 17.5 Å². The van der Waals surface area contributed by atoms with Crippen molar-refractivity contribution in [2.45, 2.75) is 50.6 Å². The van der Waals surface area contributed by atoms with Crippen LogP contribution >= 0.6 is 0 Å². The maximum absolute atomic E-state index is 13.5. The topological polar surface area (TPSA) is 98.9 Å². The lowest BCUT2D eigenvalue weighted by Crippen LogP contribution is -2.43. The van der Waals surface area contributed by atoms with Crippen molar-refractivity contribution in [1.29, 1.82) is 0 Å². The third-order valence-electron chi connectivity index (χ3n) is 7.25. The highest BCUT2D eigenvalue weighted by atomic mass is 16.5. The third kappa shape index (κ3) is 4.71. The second-order valence-corrected chi connectivity index (χ2v) is 9.69. The van der Waals surface area contributed by atoms with Crippen molar-refractivity contribution < 1.29 is 19.1 Å². The summed E-state index contributed by atoms with van der Waals surface area (Å²) in [5, 5.41) is 4.68. The van der Waals surface area contributed by atoms with Gasteiger partial charge in [-0.15, -0.1) is 0 Å². The third-order valence-corrected chi connectivity index (χ3v) is 7.25. The van der Waals surface area contributed by atoms with E-state index < -0.39 is 0 Å². The SMILES string of the molecule is COCCn1nc(C2CCCN(C(=O)C3CC(=O)N(c4cccc(OC)c4)C3)C2)n(C2CC2)c1=O. The summed E-state index contributed by atoms with van der Waals surface area (Å²) < 4.78 is 13.8. The highest BCUT2D eigenvalue weighted by molar-refractivity contribution is 6.00. The molecular weight excluding hydrogens is 450 g/mol. The van der Waals surface area contributed by atoms with E-state index in [1.807, 2.05) is 33.7 Å². The average Bonchev–Trinajstić information content (AvgIpc) is 3.56. The molecule has 0 spiro atoms. The maximum Gasteiger partial charge on any atom is 0.346 e. The number of piperidine rings is 1. The first kappa shape index (κ1) is 23.6. The van der Waals surface area contributed by atoms with E-state index in [0.717, 1.165) is 37.2 Å². The maximum atomic E-state index is 13.5.